The van der Waals surface area contributed by atoms with Crippen LogP contribution < -0.4 is 10.2 Å². The molecule has 0 saturated carbocycles. The Morgan fingerprint density at radius 2 is 1.69 bits per heavy atom. The highest BCUT2D eigenvalue weighted by molar-refractivity contribution is 6.35. The van der Waals surface area contributed by atoms with Crippen LogP contribution in [0.5, 0.6) is 0 Å². The van der Waals surface area contributed by atoms with Crippen molar-refractivity contribution in [3.63, 3.8) is 0 Å². The van der Waals surface area contributed by atoms with E-state index in [2.05, 4.69) is 85.5 Å². The molecule has 0 unspecified atom stereocenters. The maximum atomic E-state index is 6.29. The number of nitrogens with one attached hydrogen (secondary N) is 1. The molecule has 4 rings (SSSR count). The van der Waals surface area contributed by atoms with Gasteiger partial charge in [0.2, 0.25) is 0 Å². The number of benzene rings is 2. The van der Waals surface area contributed by atoms with Crippen LogP contribution >= 0.6 is 11.6 Å². The van der Waals surface area contributed by atoms with Crippen LogP contribution in [0.3, 0.4) is 0 Å². The van der Waals surface area contributed by atoms with E-state index in [4.69, 9.17) is 11.6 Å². The van der Waals surface area contributed by atoms with Gasteiger partial charge in [0.25, 0.3) is 0 Å². The SMILES string of the molecule is CN(c1ccc(-c2ccc3c(Cl)cccc3c2)nn1)C1CC(C)(C)NC(C)(C)C1. The van der Waals surface area contributed by atoms with Crippen LogP contribution in [-0.4, -0.2) is 34.4 Å². The number of aromatic nitrogens is 2. The average Bonchev–Trinajstić information content (AvgIpc) is 2.65. The zero-order valence-corrected chi connectivity index (χ0v) is 18.6. The molecule has 1 aliphatic rings. The molecule has 0 amide bonds. The Hall–Kier alpha value is -2.17. The lowest BCUT2D eigenvalue weighted by molar-refractivity contribution is 0.160. The van der Waals surface area contributed by atoms with Gasteiger partial charge in [-0.2, -0.15) is 0 Å². The molecular weight excluding hydrogens is 380 g/mol. The summed E-state index contributed by atoms with van der Waals surface area (Å²) in [4.78, 5) is 2.28. The van der Waals surface area contributed by atoms with Crippen LogP contribution in [0.25, 0.3) is 22.0 Å². The average molecular weight is 409 g/mol. The van der Waals surface area contributed by atoms with Gasteiger partial charge in [0.05, 0.1) is 5.69 Å². The number of nitrogens with zero attached hydrogens (tertiary/aromatic N) is 3. The Bertz CT molecular complexity index is 1010. The molecule has 2 heterocycles. The highest BCUT2D eigenvalue weighted by Gasteiger charge is 2.39. The van der Waals surface area contributed by atoms with Gasteiger partial charge in [0.1, 0.15) is 0 Å². The molecule has 0 atom stereocenters. The summed E-state index contributed by atoms with van der Waals surface area (Å²) in [5, 5.41) is 15.8. The number of fused-ring (bicyclic) bond motifs is 1. The lowest BCUT2D eigenvalue weighted by Crippen LogP contribution is -2.62. The minimum absolute atomic E-state index is 0.0976. The van der Waals surface area contributed by atoms with Gasteiger partial charge >= 0.3 is 0 Å². The summed E-state index contributed by atoms with van der Waals surface area (Å²) >= 11 is 6.29. The Morgan fingerprint density at radius 3 is 2.34 bits per heavy atom. The van der Waals surface area contributed by atoms with E-state index >= 15 is 0 Å². The first-order valence-corrected chi connectivity index (χ1v) is 10.6. The van der Waals surface area contributed by atoms with E-state index in [0.717, 1.165) is 45.7 Å². The molecule has 29 heavy (non-hydrogen) atoms. The fourth-order valence-corrected chi connectivity index (χ4v) is 5.04. The second kappa shape index (κ2) is 7.26. The first-order valence-electron chi connectivity index (χ1n) is 10.2. The monoisotopic (exact) mass is 408 g/mol. The molecule has 0 aliphatic carbocycles. The van der Waals surface area contributed by atoms with Gasteiger partial charge in [-0.15, -0.1) is 10.2 Å². The van der Waals surface area contributed by atoms with Gasteiger partial charge in [-0.05, 0) is 70.2 Å². The molecule has 5 heteroatoms. The van der Waals surface area contributed by atoms with Crippen molar-refractivity contribution in [2.45, 2.75) is 57.7 Å². The van der Waals surface area contributed by atoms with Crippen LogP contribution in [0, 0.1) is 0 Å². The normalized spacial score (nSPS) is 18.7. The highest BCUT2D eigenvalue weighted by Crippen LogP contribution is 2.33. The van der Waals surface area contributed by atoms with Gasteiger partial charge in [-0.25, -0.2) is 0 Å². The molecule has 1 fully saturated rings. The molecule has 1 aromatic heterocycles. The fourth-order valence-electron chi connectivity index (χ4n) is 4.80. The van der Waals surface area contributed by atoms with E-state index in [0.29, 0.717) is 6.04 Å². The second-order valence-corrected chi connectivity index (χ2v) is 9.93. The molecule has 0 spiro atoms. The lowest BCUT2D eigenvalue weighted by atomic mass is 9.79. The van der Waals surface area contributed by atoms with Crippen LogP contribution in [0.1, 0.15) is 40.5 Å². The molecule has 3 aromatic rings. The Balaban J connectivity index is 1.58. The smallest absolute Gasteiger partial charge is 0.151 e. The molecule has 4 nitrogen and oxygen atoms in total. The van der Waals surface area contributed by atoms with Gasteiger partial charge in [-0.3, -0.25) is 0 Å². The quantitative estimate of drug-likeness (QED) is 0.603. The summed E-state index contributed by atoms with van der Waals surface area (Å²) in [5.74, 6) is 0.913. The van der Waals surface area contributed by atoms with Crippen LogP contribution in [0.15, 0.2) is 48.5 Å². The number of piperidine rings is 1. The highest BCUT2D eigenvalue weighted by atomic mass is 35.5. The predicted molar refractivity (Wildman–Crippen MR) is 123 cm³/mol. The number of rotatable bonds is 3. The van der Waals surface area contributed by atoms with E-state index in [1.807, 2.05) is 18.2 Å². The van der Waals surface area contributed by atoms with Crippen molar-refractivity contribution in [3.05, 3.63) is 53.6 Å². The summed E-state index contributed by atoms with van der Waals surface area (Å²) in [6.45, 7) is 9.09. The van der Waals surface area contributed by atoms with Gasteiger partial charge in [-0.1, -0.05) is 35.9 Å². The molecule has 1 saturated heterocycles. The topological polar surface area (TPSA) is 41.1 Å². The van der Waals surface area contributed by atoms with Crippen molar-refractivity contribution in [1.29, 1.82) is 0 Å². The van der Waals surface area contributed by atoms with E-state index < -0.39 is 0 Å². The molecule has 1 aliphatic heterocycles. The van der Waals surface area contributed by atoms with Gasteiger partial charge in [0.15, 0.2) is 5.82 Å². The maximum absolute atomic E-state index is 6.29. The number of anilines is 1. The molecule has 0 bridgehead atoms. The summed E-state index contributed by atoms with van der Waals surface area (Å²) in [6.07, 6.45) is 2.14. The van der Waals surface area contributed by atoms with Crippen molar-refractivity contribution in [3.8, 4) is 11.3 Å². The molecular formula is C24H29ClN4. The summed E-state index contributed by atoms with van der Waals surface area (Å²) in [7, 11) is 2.13. The van der Waals surface area contributed by atoms with Crippen molar-refractivity contribution in [2.75, 3.05) is 11.9 Å². The largest absolute Gasteiger partial charge is 0.355 e. The van der Waals surface area contributed by atoms with Crippen LogP contribution in [0.4, 0.5) is 5.82 Å². The van der Waals surface area contributed by atoms with E-state index in [1.54, 1.807) is 0 Å². The summed E-state index contributed by atoms with van der Waals surface area (Å²) in [5.41, 5.74) is 2.11. The van der Waals surface area contributed by atoms with Crippen LogP contribution in [-0.2, 0) is 0 Å². The van der Waals surface area contributed by atoms with Crippen molar-refractivity contribution in [1.82, 2.24) is 15.5 Å². The third-order valence-corrected chi connectivity index (χ3v) is 6.18. The minimum Gasteiger partial charge on any atom is -0.355 e. The zero-order valence-electron chi connectivity index (χ0n) is 17.8. The Morgan fingerprint density at radius 1 is 0.966 bits per heavy atom. The predicted octanol–water partition coefficient (Wildman–Crippen LogP) is 5.70. The minimum atomic E-state index is 0.0976. The molecule has 0 radical (unpaired) electrons. The van der Waals surface area contributed by atoms with E-state index in [-0.39, 0.29) is 11.1 Å². The fraction of sp³-hybridized carbons (Fsp3) is 0.417. The van der Waals surface area contributed by atoms with Crippen molar-refractivity contribution in [2.24, 2.45) is 0 Å². The van der Waals surface area contributed by atoms with E-state index in [1.165, 1.54) is 0 Å². The molecule has 152 valence electrons. The molecule has 2 aromatic carbocycles. The third-order valence-electron chi connectivity index (χ3n) is 5.85. The number of hydrogen-bond acceptors (Lipinski definition) is 4. The maximum Gasteiger partial charge on any atom is 0.151 e. The second-order valence-electron chi connectivity index (χ2n) is 9.52. The third kappa shape index (κ3) is 4.24. The Kier molecular flexibility index (Phi) is 5.04. The first kappa shape index (κ1) is 20.1. The zero-order chi connectivity index (χ0) is 20.8. The first-order chi connectivity index (χ1) is 13.6. The summed E-state index contributed by atoms with van der Waals surface area (Å²) < 4.78 is 0. The number of hydrogen-bond donors (Lipinski definition) is 1. The molecule has 1 N–H and O–H groups in total. The van der Waals surface area contributed by atoms with Crippen LogP contribution in [0.2, 0.25) is 5.02 Å². The van der Waals surface area contributed by atoms with Crippen molar-refractivity contribution >= 4 is 28.2 Å². The van der Waals surface area contributed by atoms with Gasteiger partial charge in [0, 0.05) is 40.1 Å². The van der Waals surface area contributed by atoms with Gasteiger partial charge < -0.3 is 10.2 Å². The van der Waals surface area contributed by atoms with Crippen molar-refractivity contribution < 1.29 is 0 Å². The standard InChI is InChI=1S/C24H29ClN4/c1-23(2)14-18(15-24(3,4)28-23)29(5)22-12-11-21(26-27-22)17-9-10-19-16(13-17)7-6-8-20(19)25/h6-13,18,28H,14-15H2,1-5H3. The summed E-state index contributed by atoms with van der Waals surface area (Å²) in [6, 6.07) is 16.7. The van der Waals surface area contributed by atoms with E-state index in [9.17, 15) is 0 Å². The Labute approximate surface area is 178 Å². The lowest BCUT2D eigenvalue weighted by Gasteiger charge is -2.49. The number of halogens is 1.